The van der Waals surface area contributed by atoms with Crippen LogP contribution in [-0.2, 0) is 11.3 Å². The first-order valence-corrected chi connectivity index (χ1v) is 8.61. The summed E-state index contributed by atoms with van der Waals surface area (Å²) in [5.41, 5.74) is 2.51. The van der Waals surface area contributed by atoms with Crippen molar-refractivity contribution in [3.8, 4) is 5.75 Å². The van der Waals surface area contributed by atoms with E-state index >= 15 is 0 Å². The fourth-order valence-corrected chi connectivity index (χ4v) is 3.41. The summed E-state index contributed by atoms with van der Waals surface area (Å²) in [4.78, 5) is 2.45. The van der Waals surface area contributed by atoms with E-state index in [1.165, 1.54) is 43.4 Å². The van der Waals surface area contributed by atoms with Gasteiger partial charge >= 0.3 is 0 Å². The van der Waals surface area contributed by atoms with Crippen molar-refractivity contribution < 1.29 is 9.47 Å². The van der Waals surface area contributed by atoms with Crippen LogP contribution in [0.2, 0.25) is 0 Å². The van der Waals surface area contributed by atoms with Gasteiger partial charge in [0.25, 0.3) is 0 Å². The number of nitrogens with one attached hydrogen (secondary N) is 1. The van der Waals surface area contributed by atoms with Crippen LogP contribution in [0.15, 0.2) is 18.2 Å². The Balaban J connectivity index is 1.58. The third kappa shape index (κ3) is 3.93. The lowest BCUT2D eigenvalue weighted by Crippen LogP contribution is -2.29. The van der Waals surface area contributed by atoms with Gasteiger partial charge < -0.3 is 19.7 Å². The zero-order chi connectivity index (χ0) is 15.2. The molecule has 1 aromatic carbocycles. The minimum atomic E-state index is 0.398. The Labute approximate surface area is 133 Å². The molecule has 2 aliphatic heterocycles. The van der Waals surface area contributed by atoms with Crippen molar-refractivity contribution in [1.82, 2.24) is 5.32 Å². The van der Waals surface area contributed by atoms with Crippen molar-refractivity contribution in [3.63, 3.8) is 0 Å². The molecule has 1 unspecified atom stereocenters. The van der Waals surface area contributed by atoms with Gasteiger partial charge in [0.15, 0.2) is 0 Å². The summed E-state index contributed by atoms with van der Waals surface area (Å²) in [5, 5.41) is 3.50. The topological polar surface area (TPSA) is 33.7 Å². The molecule has 0 aromatic heterocycles. The van der Waals surface area contributed by atoms with E-state index in [0.29, 0.717) is 6.10 Å². The number of rotatable bonds is 6. The van der Waals surface area contributed by atoms with Crippen LogP contribution in [0.25, 0.3) is 0 Å². The van der Waals surface area contributed by atoms with Gasteiger partial charge in [-0.3, -0.25) is 0 Å². The Hall–Kier alpha value is -1.26. The van der Waals surface area contributed by atoms with Crippen LogP contribution in [0, 0.1) is 0 Å². The molecule has 22 heavy (non-hydrogen) atoms. The van der Waals surface area contributed by atoms with Gasteiger partial charge in [0.2, 0.25) is 0 Å². The van der Waals surface area contributed by atoms with Crippen molar-refractivity contribution in [2.24, 2.45) is 0 Å². The maximum Gasteiger partial charge on any atom is 0.142 e. The van der Waals surface area contributed by atoms with E-state index in [4.69, 9.17) is 9.47 Å². The molecule has 2 saturated heterocycles. The number of methoxy groups -OCH3 is 1. The molecule has 0 saturated carbocycles. The van der Waals surface area contributed by atoms with E-state index in [9.17, 15) is 0 Å². The Morgan fingerprint density at radius 2 is 2.09 bits per heavy atom. The fourth-order valence-electron chi connectivity index (χ4n) is 3.41. The highest BCUT2D eigenvalue weighted by Crippen LogP contribution is 2.31. The van der Waals surface area contributed by atoms with Crippen LogP contribution in [0.1, 0.15) is 37.7 Å². The molecule has 4 nitrogen and oxygen atoms in total. The number of piperidine rings is 1. The van der Waals surface area contributed by atoms with Gasteiger partial charge in [-0.25, -0.2) is 0 Å². The minimum absolute atomic E-state index is 0.398. The summed E-state index contributed by atoms with van der Waals surface area (Å²) in [7, 11) is 1.77. The van der Waals surface area contributed by atoms with E-state index in [2.05, 4.69) is 28.4 Å². The van der Waals surface area contributed by atoms with E-state index in [-0.39, 0.29) is 0 Å². The molecule has 3 rings (SSSR count). The van der Waals surface area contributed by atoms with Crippen LogP contribution in [0.3, 0.4) is 0 Å². The van der Waals surface area contributed by atoms with Crippen LogP contribution in [-0.4, -0.2) is 39.5 Å². The second-order valence-corrected chi connectivity index (χ2v) is 6.32. The predicted molar refractivity (Wildman–Crippen MR) is 89.7 cm³/mol. The van der Waals surface area contributed by atoms with Crippen molar-refractivity contribution in [2.75, 3.05) is 38.3 Å². The molecular formula is C18H28N2O2. The maximum absolute atomic E-state index is 5.64. The summed E-state index contributed by atoms with van der Waals surface area (Å²) >= 11 is 0. The summed E-state index contributed by atoms with van der Waals surface area (Å²) < 4.78 is 11.3. The first kappa shape index (κ1) is 15.6. The Morgan fingerprint density at radius 1 is 1.23 bits per heavy atom. The number of hydrogen-bond acceptors (Lipinski definition) is 4. The van der Waals surface area contributed by atoms with Crippen molar-refractivity contribution in [3.05, 3.63) is 23.8 Å². The molecular weight excluding hydrogens is 276 g/mol. The van der Waals surface area contributed by atoms with Crippen LogP contribution in [0.5, 0.6) is 5.75 Å². The van der Waals surface area contributed by atoms with Gasteiger partial charge in [0.1, 0.15) is 5.75 Å². The van der Waals surface area contributed by atoms with Gasteiger partial charge in [-0.05, 0) is 49.8 Å². The van der Waals surface area contributed by atoms with Crippen LogP contribution < -0.4 is 15.0 Å². The summed E-state index contributed by atoms with van der Waals surface area (Å²) in [5.74, 6) is 0.998. The molecule has 2 heterocycles. The molecule has 0 aliphatic carbocycles. The van der Waals surface area contributed by atoms with Crippen LogP contribution in [0.4, 0.5) is 5.69 Å². The first-order chi connectivity index (χ1) is 10.9. The van der Waals surface area contributed by atoms with E-state index in [1.54, 1.807) is 7.11 Å². The largest absolute Gasteiger partial charge is 0.495 e. The van der Waals surface area contributed by atoms with Crippen LogP contribution >= 0.6 is 0 Å². The molecule has 0 bridgehead atoms. The quantitative estimate of drug-likeness (QED) is 0.876. The number of benzene rings is 1. The molecule has 0 spiro atoms. The molecule has 1 N–H and O–H groups in total. The van der Waals surface area contributed by atoms with Gasteiger partial charge in [0.05, 0.1) is 18.9 Å². The average Bonchev–Trinajstić information content (AvgIpc) is 3.09. The van der Waals surface area contributed by atoms with E-state index in [1.807, 2.05) is 0 Å². The Kier molecular flexibility index (Phi) is 5.57. The smallest absolute Gasteiger partial charge is 0.142 e. The lowest BCUT2D eigenvalue weighted by molar-refractivity contribution is 0.110. The molecule has 4 heteroatoms. The number of nitrogens with zero attached hydrogens (tertiary/aromatic N) is 1. The summed E-state index contributed by atoms with van der Waals surface area (Å²) in [6.07, 6.45) is 6.70. The second-order valence-electron chi connectivity index (χ2n) is 6.32. The van der Waals surface area contributed by atoms with Gasteiger partial charge in [-0.2, -0.15) is 0 Å². The van der Waals surface area contributed by atoms with Crippen molar-refractivity contribution in [2.45, 2.75) is 44.8 Å². The number of anilines is 1. The van der Waals surface area contributed by atoms with Crippen molar-refractivity contribution >= 4 is 5.69 Å². The second kappa shape index (κ2) is 7.84. The first-order valence-electron chi connectivity index (χ1n) is 8.61. The highest BCUT2D eigenvalue weighted by atomic mass is 16.5. The third-order valence-corrected chi connectivity index (χ3v) is 4.67. The Morgan fingerprint density at radius 3 is 2.82 bits per heavy atom. The van der Waals surface area contributed by atoms with Gasteiger partial charge in [-0.1, -0.05) is 6.07 Å². The SMILES string of the molecule is COc1cc(CNCC2CCCO2)ccc1N1CCCCC1. The molecule has 2 aliphatic rings. The normalized spacial score (nSPS) is 22.0. The lowest BCUT2D eigenvalue weighted by atomic mass is 10.1. The van der Waals surface area contributed by atoms with E-state index in [0.717, 1.165) is 38.5 Å². The summed E-state index contributed by atoms with van der Waals surface area (Å²) in [6, 6.07) is 6.61. The highest BCUT2D eigenvalue weighted by Gasteiger charge is 2.16. The highest BCUT2D eigenvalue weighted by molar-refractivity contribution is 5.60. The average molecular weight is 304 g/mol. The molecule has 2 fully saturated rings. The number of ether oxygens (including phenoxy) is 2. The Bertz CT molecular complexity index is 466. The summed E-state index contributed by atoms with van der Waals surface area (Å²) in [6.45, 7) is 5.03. The zero-order valence-corrected chi connectivity index (χ0v) is 13.6. The van der Waals surface area contributed by atoms with Crippen molar-refractivity contribution in [1.29, 1.82) is 0 Å². The fraction of sp³-hybridized carbons (Fsp3) is 0.667. The molecule has 122 valence electrons. The lowest BCUT2D eigenvalue weighted by Gasteiger charge is -2.30. The van der Waals surface area contributed by atoms with Gasteiger partial charge in [-0.15, -0.1) is 0 Å². The van der Waals surface area contributed by atoms with E-state index < -0.39 is 0 Å². The zero-order valence-electron chi connectivity index (χ0n) is 13.6. The molecule has 1 aromatic rings. The molecule has 0 radical (unpaired) electrons. The number of hydrogen-bond donors (Lipinski definition) is 1. The predicted octanol–water partition coefficient (Wildman–Crippen LogP) is 2.95. The van der Waals surface area contributed by atoms with Gasteiger partial charge in [0, 0.05) is 32.8 Å². The monoisotopic (exact) mass is 304 g/mol. The minimum Gasteiger partial charge on any atom is -0.495 e. The standard InChI is InChI=1S/C18H28N2O2/c1-21-18-12-15(13-19-14-16-6-5-11-22-16)7-8-17(18)20-9-3-2-4-10-20/h7-8,12,16,19H,2-6,9-11,13-14H2,1H3. The molecule has 1 atom stereocenters. The molecule has 0 amide bonds. The maximum atomic E-state index is 5.64. The third-order valence-electron chi connectivity index (χ3n) is 4.67.